The molecular weight excluding hydrogens is 334 g/mol. The van der Waals surface area contributed by atoms with Gasteiger partial charge in [-0.05, 0) is 17.2 Å². The molecule has 3 aromatic rings. The van der Waals surface area contributed by atoms with Crippen molar-refractivity contribution in [3.8, 4) is 0 Å². The predicted octanol–water partition coefficient (Wildman–Crippen LogP) is 2.95. The van der Waals surface area contributed by atoms with Gasteiger partial charge in [-0.15, -0.1) is 0 Å². The summed E-state index contributed by atoms with van der Waals surface area (Å²) in [5.74, 6) is -0.350. The molecule has 0 aliphatic carbocycles. The molecule has 0 fully saturated rings. The van der Waals surface area contributed by atoms with Gasteiger partial charge in [0.2, 0.25) is 0 Å². The standard InChI is InChI=1S/C19H19N3O4/c1-26-19(23)18(10-14-12-21-17-5-3-2-4-16(14)17)20-11-13-6-8-15(9-7-13)22(24)25/h2-9,12,18,20-21H,10-11H2,1H3. The number of ether oxygens (including phenoxy) is 1. The quantitative estimate of drug-likeness (QED) is 0.387. The van der Waals surface area contributed by atoms with Crippen LogP contribution in [0.4, 0.5) is 5.69 Å². The molecule has 134 valence electrons. The number of rotatable bonds is 7. The Hall–Kier alpha value is -3.19. The van der Waals surface area contributed by atoms with Crippen molar-refractivity contribution >= 4 is 22.6 Å². The van der Waals surface area contributed by atoms with Gasteiger partial charge in [-0.1, -0.05) is 30.3 Å². The number of benzene rings is 2. The van der Waals surface area contributed by atoms with Crippen LogP contribution in [0.5, 0.6) is 0 Å². The molecule has 2 N–H and O–H groups in total. The van der Waals surface area contributed by atoms with E-state index in [0.29, 0.717) is 13.0 Å². The van der Waals surface area contributed by atoms with Gasteiger partial charge in [-0.25, -0.2) is 0 Å². The number of aromatic nitrogens is 1. The van der Waals surface area contributed by atoms with E-state index in [1.165, 1.54) is 19.2 Å². The van der Waals surface area contributed by atoms with Crippen LogP contribution in [0.25, 0.3) is 10.9 Å². The fraction of sp³-hybridized carbons (Fsp3) is 0.211. The molecule has 1 aromatic heterocycles. The molecule has 0 saturated carbocycles. The molecule has 3 rings (SSSR count). The maximum atomic E-state index is 12.2. The number of nitro groups is 1. The molecule has 0 amide bonds. The molecule has 0 saturated heterocycles. The van der Waals surface area contributed by atoms with Gasteiger partial charge in [0.15, 0.2) is 0 Å². The molecule has 7 heteroatoms. The number of nitrogens with zero attached hydrogens (tertiary/aromatic N) is 1. The minimum atomic E-state index is -0.519. The van der Waals surface area contributed by atoms with Crippen LogP contribution in [-0.2, 0) is 22.5 Å². The zero-order valence-corrected chi connectivity index (χ0v) is 14.3. The van der Waals surface area contributed by atoms with E-state index < -0.39 is 11.0 Å². The lowest BCUT2D eigenvalue weighted by Gasteiger charge is -2.16. The molecule has 1 atom stereocenters. The summed E-state index contributed by atoms with van der Waals surface area (Å²) in [5, 5.41) is 15.0. The number of fused-ring (bicyclic) bond motifs is 1. The second-order valence-corrected chi connectivity index (χ2v) is 5.94. The van der Waals surface area contributed by atoms with Crippen LogP contribution in [0.2, 0.25) is 0 Å². The van der Waals surface area contributed by atoms with Crippen molar-refractivity contribution in [1.82, 2.24) is 10.3 Å². The first-order valence-electron chi connectivity index (χ1n) is 8.18. The lowest BCUT2D eigenvalue weighted by molar-refractivity contribution is -0.384. The molecule has 0 bridgehead atoms. The first-order valence-corrected chi connectivity index (χ1v) is 8.18. The molecule has 7 nitrogen and oxygen atoms in total. The van der Waals surface area contributed by atoms with Crippen LogP contribution in [0, 0.1) is 10.1 Å². The number of carbonyl (C=O) groups excluding carboxylic acids is 1. The summed E-state index contributed by atoms with van der Waals surface area (Å²) in [4.78, 5) is 25.6. The van der Waals surface area contributed by atoms with Crippen LogP contribution >= 0.6 is 0 Å². The van der Waals surface area contributed by atoms with Crippen LogP contribution < -0.4 is 5.32 Å². The summed E-state index contributed by atoms with van der Waals surface area (Å²) < 4.78 is 4.91. The largest absolute Gasteiger partial charge is 0.468 e. The number of nitrogens with one attached hydrogen (secondary N) is 2. The number of methoxy groups -OCH3 is 1. The number of hydrogen-bond acceptors (Lipinski definition) is 5. The highest BCUT2D eigenvalue weighted by Crippen LogP contribution is 2.19. The van der Waals surface area contributed by atoms with Gasteiger partial charge in [0.25, 0.3) is 5.69 Å². The van der Waals surface area contributed by atoms with E-state index in [4.69, 9.17) is 4.74 Å². The number of H-pyrrole nitrogens is 1. The van der Waals surface area contributed by atoms with Crippen molar-refractivity contribution in [3.63, 3.8) is 0 Å². The van der Waals surface area contributed by atoms with E-state index in [9.17, 15) is 14.9 Å². The predicted molar refractivity (Wildman–Crippen MR) is 97.7 cm³/mol. The maximum Gasteiger partial charge on any atom is 0.323 e. The van der Waals surface area contributed by atoms with Gasteiger partial charge in [0.05, 0.1) is 12.0 Å². The lowest BCUT2D eigenvalue weighted by Crippen LogP contribution is -2.39. The lowest BCUT2D eigenvalue weighted by atomic mass is 10.0. The Morgan fingerprint density at radius 2 is 1.96 bits per heavy atom. The molecule has 1 unspecified atom stereocenters. The van der Waals surface area contributed by atoms with Gasteiger partial charge < -0.3 is 15.0 Å². The second kappa shape index (κ2) is 7.79. The molecule has 1 heterocycles. The molecule has 2 aromatic carbocycles. The van der Waals surface area contributed by atoms with E-state index in [-0.39, 0.29) is 11.7 Å². The van der Waals surface area contributed by atoms with Gasteiger partial charge in [0.1, 0.15) is 6.04 Å². The smallest absolute Gasteiger partial charge is 0.323 e. The average molecular weight is 353 g/mol. The van der Waals surface area contributed by atoms with E-state index in [2.05, 4.69) is 10.3 Å². The molecule has 26 heavy (non-hydrogen) atoms. The van der Waals surface area contributed by atoms with Gasteiger partial charge in [-0.2, -0.15) is 0 Å². The van der Waals surface area contributed by atoms with Crippen LogP contribution in [0.15, 0.2) is 54.7 Å². The Kier molecular flexibility index (Phi) is 5.28. The summed E-state index contributed by atoms with van der Waals surface area (Å²) >= 11 is 0. The van der Waals surface area contributed by atoms with Crippen LogP contribution in [-0.4, -0.2) is 29.0 Å². The zero-order chi connectivity index (χ0) is 18.5. The number of para-hydroxylation sites is 1. The normalized spacial score (nSPS) is 12.0. The Morgan fingerprint density at radius 1 is 1.23 bits per heavy atom. The SMILES string of the molecule is COC(=O)C(Cc1c[nH]c2ccccc12)NCc1ccc([N+](=O)[O-])cc1. The number of nitro benzene ring substituents is 1. The molecule has 0 aliphatic rings. The third-order valence-electron chi connectivity index (χ3n) is 4.28. The van der Waals surface area contributed by atoms with Crippen molar-refractivity contribution < 1.29 is 14.5 Å². The summed E-state index contributed by atoms with van der Waals surface area (Å²) in [6.07, 6.45) is 2.37. The Morgan fingerprint density at radius 3 is 2.65 bits per heavy atom. The van der Waals surface area contributed by atoms with Crippen molar-refractivity contribution in [3.05, 3.63) is 76.0 Å². The summed E-state index contributed by atoms with van der Waals surface area (Å²) in [7, 11) is 1.36. The highest BCUT2D eigenvalue weighted by atomic mass is 16.6. The van der Waals surface area contributed by atoms with Crippen molar-refractivity contribution in [1.29, 1.82) is 0 Å². The van der Waals surface area contributed by atoms with Gasteiger partial charge in [-0.3, -0.25) is 14.9 Å². The fourth-order valence-corrected chi connectivity index (χ4v) is 2.88. The van der Waals surface area contributed by atoms with Crippen molar-refractivity contribution in [2.75, 3.05) is 7.11 Å². The highest BCUT2D eigenvalue weighted by molar-refractivity contribution is 5.84. The number of aromatic amines is 1. The van der Waals surface area contributed by atoms with Crippen molar-refractivity contribution in [2.45, 2.75) is 19.0 Å². The zero-order valence-electron chi connectivity index (χ0n) is 14.3. The maximum absolute atomic E-state index is 12.2. The summed E-state index contributed by atoms with van der Waals surface area (Å²) in [5.41, 5.74) is 2.93. The topological polar surface area (TPSA) is 97.3 Å². The Bertz CT molecular complexity index is 918. The number of carbonyl (C=O) groups is 1. The van der Waals surface area contributed by atoms with Crippen LogP contribution in [0.3, 0.4) is 0 Å². The van der Waals surface area contributed by atoms with Crippen LogP contribution in [0.1, 0.15) is 11.1 Å². The fourth-order valence-electron chi connectivity index (χ4n) is 2.88. The third-order valence-corrected chi connectivity index (χ3v) is 4.28. The molecule has 0 radical (unpaired) electrons. The minimum absolute atomic E-state index is 0.0389. The monoisotopic (exact) mass is 353 g/mol. The summed E-state index contributed by atoms with van der Waals surface area (Å²) in [6.45, 7) is 0.403. The number of non-ortho nitro benzene ring substituents is 1. The summed E-state index contributed by atoms with van der Waals surface area (Å²) in [6, 6.07) is 13.6. The van der Waals surface area contributed by atoms with Crippen molar-refractivity contribution in [2.24, 2.45) is 0 Å². The van der Waals surface area contributed by atoms with E-state index in [1.54, 1.807) is 12.1 Å². The van der Waals surface area contributed by atoms with E-state index in [1.807, 2.05) is 30.5 Å². The molecule has 0 aliphatic heterocycles. The first-order chi connectivity index (χ1) is 12.6. The van der Waals surface area contributed by atoms with E-state index >= 15 is 0 Å². The Balaban J connectivity index is 1.72. The third kappa shape index (κ3) is 3.89. The number of esters is 1. The van der Waals surface area contributed by atoms with Gasteiger partial charge >= 0.3 is 5.97 Å². The van der Waals surface area contributed by atoms with E-state index in [0.717, 1.165) is 22.0 Å². The molecular formula is C19H19N3O4. The second-order valence-electron chi connectivity index (χ2n) is 5.94. The molecule has 0 spiro atoms. The first kappa shape index (κ1) is 17.6. The highest BCUT2D eigenvalue weighted by Gasteiger charge is 2.20. The Labute approximate surface area is 150 Å². The average Bonchev–Trinajstić information content (AvgIpc) is 3.07. The number of hydrogen-bond donors (Lipinski definition) is 2. The van der Waals surface area contributed by atoms with Gasteiger partial charge in [0, 0.05) is 42.2 Å². The minimum Gasteiger partial charge on any atom is -0.468 e.